The van der Waals surface area contributed by atoms with E-state index in [2.05, 4.69) is 36.1 Å². The highest BCUT2D eigenvalue weighted by Crippen LogP contribution is 2.20. The number of carbonyl (C=O) groups excluding carboxylic acids is 1. The van der Waals surface area contributed by atoms with Crippen LogP contribution in [0, 0.1) is 11.5 Å². The van der Waals surface area contributed by atoms with Gasteiger partial charge in [0, 0.05) is 13.0 Å². The maximum Gasteiger partial charge on any atom is 0.410 e. The molecule has 1 aliphatic heterocycles. The predicted molar refractivity (Wildman–Crippen MR) is 101 cm³/mol. The molecule has 1 saturated heterocycles. The number of hydrogen-bond donors (Lipinski definition) is 0. The van der Waals surface area contributed by atoms with Gasteiger partial charge in [-0.05, 0) is 32.9 Å². The van der Waals surface area contributed by atoms with Gasteiger partial charge in [0.2, 0.25) is 0 Å². The molecule has 2 rings (SSSR count). The van der Waals surface area contributed by atoms with E-state index in [9.17, 15) is 4.79 Å². The molecule has 5 nitrogen and oxygen atoms in total. The summed E-state index contributed by atoms with van der Waals surface area (Å²) >= 11 is 0. The Balaban J connectivity index is 1.89. The van der Waals surface area contributed by atoms with Gasteiger partial charge in [-0.3, -0.25) is 0 Å². The molecule has 0 aliphatic carbocycles. The van der Waals surface area contributed by atoms with Crippen LogP contribution in [0.1, 0.15) is 32.9 Å². The van der Waals surface area contributed by atoms with Crippen molar-refractivity contribution in [2.75, 3.05) is 13.1 Å². The molecule has 2 heterocycles. The van der Waals surface area contributed by atoms with Crippen molar-refractivity contribution in [2.45, 2.75) is 58.5 Å². The van der Waals surface area contributed by atoms with Crippen molar-refractivity contribution < 1.29 is 14.3 Å². The highest BCUT2D eigenvalue weighted by atomic mass is 28.3. The fraction of sp³-hybridized carbons (Fsp3) is 0.579. The van der Waals surface area contributed by atoms with Crippen LogP contribution in [0.15, 0.2) is 18.3 Å². The van der Waals surface area contributed by atoms with Crippen LogP contribution < -0.4 is 4.74 Å². The highest BCUT2D eigenvalue weighted by molar-refractivity contribution is 6.83. The van der Waals surface area contributed by atoms with E-state index in [1.807, 2.05) is 32.9 Å². The minimum atomic E-state index is -1.40. The Morgan fingerprint density at radius 1 is 1.32 bits per heavy atom. The third-order valence-electron chi connectivity index (χ3n) is 3.40. The van der Waals surface area contributed by atoms with Crippen molar-refractivity contribution >= 4 is 14.2 Å². The fourth-order valence-electron chi connectivity index (χ4n) is 2.28. The van der Waals surface area contributed by atoms with Gasteiger partial charge in [0.1, 0.15) is 31.2 Å². The molecule has 1 aliphatic rings. The van der Waals surface area contributed by atoms with Crippen LogP contribution in [0.4, 0.5) is 4.79 Å². The van der Waals surface area contributed by atoms with E-state index in [1.54, 1.807) is 11.1 Å². The molecule has 1 atom stereocenters. The third-order valence-corrected chi connectivity index (χ3v) is 4.28. The molecule has 1 aromatic heterocycles. The predicted octanol–water partition coefficient (Wildman–Crippen LogP) is 3.70. The number of aromatic nitrogens is 1. The molecule has 6 heteroatoms. The molecule has 0 unspecified atom stereocenters. The molecule has 0 N–H and O–H groups in total. The summed E-state index contributed by atoms with van der Waals surface area (Å²) in [6, 6.07) is 3.76. The van der Waals surface area contributed by atoms with Gasteiger partial charge in [-0.25, -0.2) is 9.78 Å². The van der Waals surface area contributed by atoms with Gasteiger partial charge in [-0.15, -0.1) is 5.54 Å². The number of likely N-dealkylation sites (tertiary alicyclic amines) is 1. The lowest BCUT2D eigenvalue weighted by molar-refractivity contribution is 0.0275. The Labute approximate surface area is 151 Å². The Bertz CT molecular complexity index is 663. The summed E-state index contributed by atoms with van der Waals surface area (Å²) < 4.78 is 11.3. The summed E-state index contributed by atoms with van der Waals surface area (Å²) in [6.45, 7) is 13.4. The summed E-state index contributed by atoms with van der Waals surface area (Å²) in [5.74, 6) is 3.83. The van der Waals surface area contributed by atoms with E-state index in [0.717, 1.165) is 12.1 Å². The van der Waals surface area contributed by atoms with Gasteiger partial charge < -0.3 is 14.4 Å². The lowest BCUT2D eigenvalue weighted by Crippen LogP contribution is -2.36. The molecule has 25 heavy (non-hydrogen) atoms. The number of hydrogen-bond acceptors (Lipinski definition) is 4. The number of pyridine rings is 1. The van der Waals surface area contributed by atoms with Crippen LogP contribution in [-0.4, -0.2) is 48.8 Å². The minimum Gasteiger partial charge on any atom is -0.487 e. The van der Waals surface area contributed by atoms with E-state index in [0.29, 0.717) is 18.8 Å². The van der Waals surface area contributed by atoms with Crippen molar-refractivity contribution in [3.63, 3.8) is 0 Å². The molecule has 1 amide bonds. The third kappa shape index (κ3) is 6.79. The first-order valence-corrected chi connectivity index (χ1v) is 12.2. The van der Waals surface area contributed by atoms with Gasteiger partial charge in [-0.1, -0.05) is 25.6 Å². The normalized spacial score (nSPS) is 17.7. The van der Waals surface area contributed by atoms with Crippen molar-refractivity contribution in [1.82, 2.24) is 9.88 Å². The van der Waals surface area contributed by atoms with Gasteiger partial charge in [0.25, 0.3) is 0 Å². The molecule has 0 saturated carbocycles. The van der Waals surface area contributed by atoms with Gasteiger partial charge in [-0.2, -0.15) is 0 Å². The summed E-state index contributed by atoms with van der Waals surface area (Å²) in [6.07, 6.45) is 2.17. The number of amides is 1. The van der Waals surface area contributed by atoms with E-state index in [-0.39, 0.29) is 12.2 Å². The second kappa shape index (κ2) is 7.48. The van der Waals surface area contributed by atoms with Gasteiger partial charge in [0.15, 0.2) is 0 Å². The average Bonchev–Trinajstić information content (AvgIpc) is 2.93. The molecular weight excluding hydrogens is 332 g/mol. The molecule has 0 aromatic carbocycles. The number of ether oxygens (including phenoxy) is 2. The topological polar surface area (TPSA) is 51.7 Å². The maximum atomic E-state index is 12.1. The van der Waals surface area contributed by atoms with Crippen LogP contribution in [0.3, 0.4) is 0 Å². The van der Waals surface area contributed by atoms with Gasteiger partial charge in [0.05, 0.1) is 12.7 Å². The Hall–Kier alpha value is -2.00. The quantitative estimate of drug-likeness (QED) is 0.596. The summed E-state index contributed by atoms with van der Waals surface area (Å²) in [7, 11) is -1.40. The summed E-state index contributed by atoms with van der Waals surface area (Å²) in [5.41, 5.74) is 3.58. The lowest BCUT2D eigenvalue weighted by atomic mass is 10.2. The second-order valence-electron chi connectivity index (χ2n) is 8.33. The highest BCUT2D eigenvalue weighted by Gasteiger charge is 2.30. The van der Waals surface area contributed by atoms with Crippen molar-refractivity contribution in [2.24, 2.45) is 0 Å². The molecule has 0 bridgehead atoms. The van der Waals surface area contributed by atoms with Crippen LogP contribution in [0.25, 0.3) is 0 Å². The van der Waals surface area contributed by atoms with Crippen molar-refractivity contribution in [3.05, 3.63) is 24.0 Å². The van der Waals surface area contributed by atoms with E-state index in [4.69, 9.17) is 9.47 Å². The van der Waals surface area contributed by atoms with E-state index >= 15 is 0 Å². The maximum absolute atomic E-state index is 12.1. The summed E-state index contributed by atoms with van der Waals surface area (Å²) in [4.78, 5) is 18.1. The Morgan fingerprint density at radius 2 is 2.04 bits per heavy atom. The average molecular weight is 361 g/mol. The van der Waals surface area contributed by atoms with Crippen molar-refractivity contribution in [3.8, 4) is 17.2 Å². The molecular formula is C19H28N2O3Si. The standard InChI is InChI=1S/C19H28N2O3Si/c1-19(2,3)24-18(22)21-11-9-17(14-21)23-16-8-7-15(20-13-16)10-12-25(4,5)6/h7-8,13,17H,9,11,14H2,1-6H3/t17-/m0/s1. The molecule has 136 valence electrons. The first-order valence-electron chi connectivity index (χ1n) is 8.66. The summed E-state index contributed by atoms with van der Waals surface area (Å²) in [5, 5.41) is 0. The number of rotatable bonds is 2. The largest absolute Gasteiger partial charge is 0.487 e. The molecule has 0 radical (unpaired) electrons. The zero-order chi connectivity index (χ0) is 18.7. The first-order chi connectivity index (χ1) is 11.5. The Morgan fingerprint density at radius 3 is 2.60 bits per heavy atom. The minimum absolute atomic E-state index is 0.0340. The van der Waals surface area contributed by atoms with Crippen LogP contribution >= 0.6 is 0 Å². The monoisotopic (exact) mass is 360 g/mol. The molecule has 1 aromatic rings. The molecule has 0 spiro atoms. The zero-order valence-corrected chi connectivity index (χ0v) is 17.0. The van der Waals surface area contributed by atoms with Crippen LogP contribution in [0.5, 0.6) is 5.75 Å². The van der Waals surface area contributed by atoms with Gasteiger partial charge >= 0.3 is 6.09 Å². The zero-order valence-electron chi connectivity index (χ0n) is 16.0. The van der Waals surface area contributed by atoms with E-state index in [1.165, 1.54) is 0 Å². The SMILES string of the molecule is CC(C)(C)OC(=O)N1CC[C@H](Oc2ccc(C#C[Si](C)(C)C)nc2)C1. The first kappa shape index (κ1) is 19.3. The Kier molecular flexibility index (Phi) is 5.78. The smallest absolute Gasteiger partial charge is 0.410 e. The van der Waals surface area contributed by atoms with Crippen LogP contribution in [-0.2, 0) is 4.74 Å². The molecule has 1 fully saturated rings. The number of carbonyl (C=O) groups is 1. The lowest BCUT2D eigenvalue weighted by Gasteiger charge is -2.24. The second-order valence-corrected chi connectivity index (χ2v) is 13.1. The van der Waals surface area contributed by atoms with E-state index < -0.39 is 13.7 Å². The fourth-order valence-corrected chi connectivity index (χ4v) is 2.79. The number of nitrogens with zero attached hydrogens (tertiary/aromatic N) is 2. The van der Waals surface area contributed by atoms with Crippen LogP contribution in [0.2, 0.25) is 19.6 Å². The van der Waals surface area contributed by atoms with Crippen molar-refractivity contribution in [1.29, 1.82) is 0 Å².